The van der Waals surface area contributed by atoms with Crippen LogP contribution in [0.1, 0.15) is 0 Å². The molecule has 0 N–H and O–H groups in total. The molecule has 3 rings (SSSR count). The molecule has 20 heavy (non-hydrogen) atoms. The van der Waals surface area contributed by atoms with Gasteiger partial charge in [-0.3, -0.25) is 9.88 Å². The Labute approximate surface area is 121 Å². The molecule has 5 nitrogen and oxygen atoms in total. The number of aromatic nitrogens is 1. The highest BCUT2D eigenvalue weighted by atomic mass is 32.2. The normalized spacial score (nSPS) is 16.4. The van der Waals surface area contributed by atoms with Crippen LogP contribution in [0.25, 0.3) is 0 Å². The maximum Gasteiger partial charge on any atom is 0.288 e. The van der Waals surface area contributed by atoms with E-state index >= 15 is 0 Å². The van der Waals surface area contributed by atoms with E-state index in [1.54, 1.807) is 18.5 Å². The molecule has 0 aliphatic carbocycles. The van der Waals surface area contributed by atoms with Gasteiger partial charge in [0.15, 0.2) is 5.17 Å². The van der Waals surface area contributed by atoms with E-state index in [4.69, 9.17) is 0 Å². The smallest absolute Gasteiger partial charge is 0.287 e. The largest absolute Gasteiger partial charge is 0.288 e. The van der Waals surface area contributed by atoms with Crippen LogP contribution in [0.2, 0.25) is 0 Å². The Morgan fingerprint density at radius 2 is 1.90 bits per heavy atom. The van der Waals surface area contributed by atoms with Crippen molar-refractivity contribution < 1.29 is 8.42 Å². The molecule has 1 aromatic carbocycles. The second kappa shape index (κ2) is 4.92. The van der Waals surface area contributed by atoms with Gasteiger partial charge in [0.25, 0.3) is 10.0 Å². The lowest BCUT2D eigenvalue weighted by atomic mass is 10.2. The van der Waals surface area contributed by atoms with Gasteiger partial charge in [0, 0.05) is 18.1 Å². The molecule has 1 aliphatic heterocycles. The van der Waals surface area contributed by atoms with Crippen molar-refractivity contribution in [2.24, 2.45) is 4.40 Å². The van der Waals surface area contributed by atoms with Crippen molar-refractivity contribution in [3.63, 3.8) is 0 Å². The number of anilines is 2. The van der Waals surface area contributed by atoms with Gasteiger partial charge in [-0.2, -0.15) is 8.42 Å². The summed E-state index contributed by atoms with van der Waals surface area (Å²) >= 11 is 1.29. The average molecular weight is 305 g/mol. The molecule has 0 unspecified atom stereocenters. The van der Waals surface area contributed by atoms with E-state index in [1.165, 1.54) is 18.0 Å². The second-order valence-electron chi connectivity index (χ2n) is 4.07. The van der Waals surface area contributed by atoms with Crippen LogP contribution >= 0.6 is 11.8 Å². The number of thioether (sulfide) groups is 1. The van der Waals surface area contributed by atoms with Gasteiger partial charge in [0.05, 0.1) is 5.69 Å². The first-order valence-electron chi connectivity index (χ1n) is 5.81. The first kappa shape index (κ1) is 13.1. The van der Waals surface area contributed by atoms with Gasteiger partial charge in [-0.25, -0.2) is 0 Å². The minimum atomic E-state index is -3.68. The van der Waals surface area contributed by atoms with Crippen LogP contribution in [0.5, 0.6) is 0 Å². The van der Waals surface area contributed by atoms with Crippen LogP contribution < -0.4 is 4.90 Å². The highest BCUT2D eigenvalue weighted by Crippen LogP contribution is 2.37. The second-order valence-corrected chi connectivity index (χ2v) is 6.41. The Hall–Kier alpha value is -1.86. The molecule has 0 fully saturated rings. The van der Waals surface area contributed by atoms with E-state index in [-0.39, 0.29) is 4.90 Å². The zero-order valence-electron chi connectivity index (χ0n) is 10.6. The molecular weight excluding hydrogens is 294 g/mol. The minimum Gasteiger partial charge on any atom is -0.287 e. The van der Waals surface area contributed by atoms with Crippen molar-refractivity contribution in [1.29, 1.82) is 0 Å². The topological polar surface area (TPSA) is 62.6 Å². The molecule has 0 atom stereocenters. The third-order valence-electron chi connectivity index (χ3n) is 2.87. The first-order chi connectivity index (χ1) is 9.63. The summed E-state index contributed by atoms with van der Waals surface area (Å²) in [5.74, 6) is 0. The highest BCUT2D eigenvalue weighted by molar-refractivity contribution is 8.14. The molecule has 0 saturated heterocycles. The molecule has 0 amide bonds. The van der Waals surface area contributed by atoms with Crippen LogP contribution in [0, 0.1) is 0 Å². The van der Waals surface area contributed by atoms with Crippen LogP contribution in [0.4, 0.5) is 11.4 Å². The summed E-state index contributed by atoms with van der Waals surface area (Å²) in [5.41, 5.74) is 1.44. The molecule has 7 heteroatoms. The van der Waals surface area contributed by atoms with Crippen molar-refractivity contribution >= 4 is 38.3 Å². The van der Waals surface area contributed by atoms with Crippen LogP contribution in [0.3, 0.4) is 0 Å². The Kier molecular flexibility index (Phi) is 3.23. The molecular formula is C13H11N3O2S2. The number of amidine groups is 1. The molecule has 1 aliphatic rings. The fourth-order valence-electron chi connectivity index (χ4n) is 2.01. The number of sulfonamides is 1. The number of nitrogens with zero attached hydrogens (tertiary/aromatic N) is 3. The van der Waals surface area contributed by atoms with Gasteiger partial charge < -0.3 is 0 Å². The molecule has 0 bridgehead atoms. The maximum absolute atomic E-state index is 12.2. The van der Waals surface area contributed by atoms with Gasteiger partial charge in [0.2, 0.25) is 0 Å². The lowest BCUT2D eigenvalue weighted by Gasteiger charge is -2.29. The number of para-hydroxylation sites is 1. The van der Waals surface area contributed by atoms with Crippen LogP contribution in [-0.4, -0.2) is 24.8 Å². The molecule has 0 spiro atoms. The fourth-order valence-corrected chi connectivity index (χ4v) is 3.99. The van der Waals surface area contributed by atoms with E-state index in [9.17, 15) is 8.42 Å². The zero-order chi connectivity index (χ0) is 14.2. The van der Waals surface area contributed by atoms with Crippen molar-refractivity contribution in [3.8, 4) is 0 Å². The third kappa shape index (κ3) is 2.08. The van der Waals surface area contributed by atoms with Gasteiger partial charge >= 0.3 is 0 Å². The summed E-state index contributed by atoms with van der Waals surface area (Å²) in [6.07, 6.45) is 4.71. The molecule has 0 radical (unpaired) electrons. The van der Waals surface area contributed by atoms with Gasteiger partial charge in [-0.15, -0.1) is 4.40 Å². The Bertz CT molecular complexity index is 773. The molecule has 102 valence electrons. The lowest BCUT2D eigenvalue weighted by Crippen LogP contribution is -2.29. The van der Waals surface area contributed by atoms with Gasteiger partial charge in [0.1, 0.15) is 4.90 Å². The Morgan fingerprint density at radius 3 is 2.60 bits per heavy atom. The van der Waals surface area contributed by atoms with Crippen molar-refractivity contribution in [2.45, 2.75) is 4.90 Å². The monoisotopic (exact) mass is 305 g/mol. The predicted molar refractivity (Wildman–Crippen MR) is 81.0 cm³/mol. The molecule has 1 aromatic heterocycles. The van der Waals surface area contributed by atoms with Crippen molar-refractivity contribution in [2.75, 3.05) is 11.2 Å². The SMILES string of the molecule is CSC1=NS(=O)(=O)c2cnccc2N1c1ccccc1. The number of rotatable bonds is 1. The van der Waals surface area contributed by atoms with Crippen LogP contribution in [-0.2, 0) is 10.0 Å². The van der Waals surface area contributed by atoms with Gasteiger partial charge in [-0.05, 0) is 24.5 Å². The summed E-state index contributed by atoms with van der Waals surface area (Å²) < 4.78 is 28.2. The van der Waals surface area contributed by atoms with Crippen molar-refractivity contribution in [3.05, 3.63) is 48.8 Å². The minimum absolute atomic E-state index is 0.127. The number of fused-ring (bicyclic) bond motifs is 1. The molecule has 0 saturated carbocycles. The number of hydrogen-bond acceptors (Lipinski definition) is 5. The summed E-state index contributed by atoms with van der Waals surface area (Å²) in [5, 5.41) is 0.426. The quantitative estimate of drug-likeness (QED) is 0.810. The van der Waals surface area contributed by atoms with E-state index in [2.05, 4.69) is 9.38 Å². The van der Waals surface area contributed by atoms with Gasteiger partial charge in [-0.1, -0.05) is 30.0 Å². The number of benzene rings is 1. The standard InChI is InChI=1S/C13H11N3O2S2/c1-19-13-15-20(17,18)12-9-14-8-7-11(12)16(13)10-5-3-2-4-6-10/h2-9H,1H3. The Morgan fingerprint density at radius 1 is 1.15 bits per heavy atom. The summed E-state index contributed by atoms with van der Waals surface area (Å²) in [4.78, 5) is 5.84. The van der Waals surface area contributed by atoms with E-state index in [1.807, 2.05) is 35.2 Å². The fraction of sp³-hybridized carbons (Fsp3) is 0.0769. The average Bonchev–Trinajstić information content (AvgIpc) is 2.47. The summed E-state index contributed by atoms with van der Waals surface area (Å²) in [6, 6.07) is 11.2. The molecule has 2 heterocycles. The van der Waals surface area contributed by atoms with Crippen molar-refractivity contribution in [1.82, 2.24) is 4.98 Å². The summed E-state index contributed by atoms with van der Waals surface area (Å²) in [7, 11) is -3.68. The summed E-state index contributed by atoms with van der Waals surface area (Å²) in [6.45, 7) is 0. The number of hydrogen-bond donors (Lipinski definition) is 0. The Balaban J connectivity index is 2.28. The highest BCUT2D eigenvalue weighted by Gasteiger charge is 2.31. The van der Waals surface area contributed by atoms with E-state index in [0.717, 1.165) is 5.69 Å². The maximum atomic E-state index is 12.2. The first-order valence-corrected chi connectivity index (χ1v) is 8.48. The predicted octanol–water partition coefficient (Wildman–Crippen LogP) is 2.64. The van der Waals surface area contributed by atoms with E-state index < -0.39 is 10.0 Å². The van der Waals surface area contributed by atoms with E-state index in [0.29, 0.717) is 10.9 Å². The molecule has 2 aromatic rings. The lowest BCUT2D eigenvalue weighted by molar-refractivity contribution is 0.597. The zero-order valence-corrected chi connectivity index (χ0v) is 12.2. The van der Waals surface area contributed by atoms with Crippen LogP contribution in [0.15, 0.2) is 58.1 Å². The number of pyridine rings is 1. The third-order valence-corrected chi connectivity index (χ3v) is 4.91.